The Labute approximate surface area is 165 Å². The molecule has 142 valence electrons. The smallest absolute Gasteiger partial charge is 0.232 e. The molecule has 10 heteroatoms. The molecule has 0 unspecified atom stereocenters. The third-order valence-corrected chi connectivity index (χ3v) is 4.84. The third-order valence-electron chi connectivity index (χ3n) is 3.64. The summed E-state index contributed by atoms with van der Waals surface area (Å²) in [5.74, 6) is 1.65. The van der Waals surface area contributed by atoms with Crippen molar-refractivity contribution in [3.63, 3.8) is 0 Å². The molecule has 0 aliphatic rings. The van der Waals surface area contributed by atoms with Gasteiger partial charge < -0.3 is 14.1 Å². The van der Waals surface area contributed by atoms with Crippen LogP contribution in [-0.4, -0.2) is 57.0 Å². The molecule has 2 heterocycles. The average molecular weight is 408 g/mol. The van der Waals surface area contributed by atoms with Crippen molar-refractivity contribution in [2.75, 3.05) is 26.0 Å². The number of carbonyl (C=O) groups is 1. The number of hydrogen-bond donors (Lipinski definition) is 0. The monoisotopic (exact) mass is 407 g/mol. The van der Waals surface area contributed by atoms with Crippen LogP contribution < -0.4 is 4.74 Å². The predicted molar refractivity (Wildman–Crippen MR) is 101 cm³/mol. The summed E-state index contributed by atoms with van der Waals surface area (Å²) < 4.78 is 12.5. The van der Waals surface area contributed by atoms with E-state index >= 15 is 0 Å². The second kappa shape index (κ2) is 9.43. The van der Waals surface area contributed by atoms with E-state index in [0.717, 1.165) is 5.76 Å². The van der Waals surface area contributed by atoms with Gasteiger partial charge in [0.05, 0.1) is 18.6 Å². The molecule has 0 fully saturated rings. The SMILES string of the molecule is CN(CCOc1ccc(Cl)cc1)C(=O)CSc1nnnn1Cc1ccco1. The Morgan fingerprint density at radius 3 is 2.89 bits per heavy atom. The van der Waals surface area contributed by atoms with Gasteiger partial charge in [0.15, 0.2) is 0 Å². The lowest BCUT2D eigenvalue weighted by Gasteiger charge is -2.17. The second-order valence-electron chi connectivity index (χ2n) is 5.60. The Morgan fingerprint density at radius 1 is 1.33 bits per heavy atom. The zero-order valence-corrected chi connectivity index (χ0v) is 16.2. The molecule has 1 aromatic carbocycles. The molecule has 1 amide bonds. The van der Waals surface area contributed by atoms with Crippen LogP contribution in [-0.2, 0) is 11.3 Å². The first-order chi connectivity index (χ1) is 13.1. The topological polar surface area (TPSA) is 86.3 Å². The maximum absolute atomic E-state index is 12.3. The molecular weight excluding hydrogens is 390 g/mol. The van der Waals surface area contributed by atoms with Gasteiger partial charge in [-0.3, -0.25) is 4.79 Å². The normalized spacial score (nSPS) is 10.7. The standard InChI is InChI=1S/C17H18ClN5O3S/c1-22(8-10-26-14-6-4-13(18)5-7-14)16(24)12-27-17-19-20-21-23(17)11-15-3-2-9-25-15/h2-7,9H,8,10-12H2,1H3. The Morgan fingerprint density at radius 2 is 2.15 bits per heavy atom. The molecule has 0 N–H and O–H groups in total. The lowest BCUT2D eigenvalue weighted by atomic mass is 10.3. The van der Waals surface area contributed by atoms with E-state index in [0.29, 0.717) is 35.6 Å². The average Bonchev–Trinajstić information content (AvgIpc) is 3.33. The van der Waals surface area contributed by atoms with E-state index < -0.39 is 0 Å². The highest BCUT2D eigenvalue weighted by Crippen LogP contribution is 2.17. The first-order valence-electron chi connectivity index (χ1n) is 8.15. The van der Waals surface area contributed by atoms with Crippen LogP contribution in [0.1, 0.15) is 5.76 Å². The van der Waals surface area contributed by atoms with E-state index in [9.17, 15) is 4.79 Å². The number of furan rings is 1. The van der Waals surface area contributed by atoms with Gasteiger partial charge in [0.25, 0.3) is 0 Å². The highest BCUT2D eigenvalue weighted by atomic mass is 35.5. The van der Waals surface area contributed by atoms with Crippen molar-refractivity contribution in [3.8, 4) is 5.75 Å². The van der Waals surface area contributed by atoms with Crippen molar-refractivity contribution in [3.05, 3.63) is 53.4 Å². The van der Waals surface area contributed by atoms with Crippen LogP contribution in [0.2, 0.25) is 5.02 Å². The number of rotatable bonds is 9. The summed E-state index contributed by atoms with van der Waals surface area (Å²) in [7, 11) is 1.74. The fourth-order valence-electron chi connectivity index (χ4n) is 2.14. The Balaban J connectivity index is 1.42. The molecule has 0 atom stereocenters. The number of tetrazole rings is 1. The third kappa shape index (κ3) is 5.73. The van der Waals surface area contributed by atoms with Gasteiger partial charge in [-0.25, -0.2) is 4.68 Å². The van der Waals surface area contributed by atoms with E-state index in [1.165, 1.54) is 11.8 Å². The lowest BCUT2D eigenvalue weighted by Crippen LogP contribution is -2.32. The number of benzene rings is 1. The fourth-order valence-corrected chi connectivity index (χ4v) is 3.08. The molecule has 8 nitrogen and oxygen atoms in total. The molecule has 27 heavy (non-hydrogen) atoms. The number of likely N-dealkylation sites (N-methyl/N-ethyl adjacent to an activating group) is 1. The molecule has 0 saturated carbocycles. The highest BCUT2D eigenvalue weighted by molar-refractivity contribution is 7.99. The Kier molecular flexibility index (Phi) is 6.72. The molecule has 3 rings (SSSR count). The first kappa shape index (κ1) is 19.2. The summed E-state index contributed by atoms with van der Waals surface area (Å²) in [6.07, 6.45) is 1.59. The Hall–Kier alpha value is -2.52. The highest BCUT2D eigenvalue weighted by Gasteiger charge is 2.14. The van der Waals surface area contributed by atoms with Gasteiger partial charge in [-0.05, 0) is 46.8 Å². The van der Waals surface area contributed by atoms with Gasteiger partial charge in [-0.1, -0.05) is 23.4 Å². The number of ether oxygens (including phenoxy) is 1. The van der Waals surface area contributed by atoms with Gasteiger partial charge in [-0.15, -0.1) is 5.10 Å². The number of carbonyl (C=O) groups excluding carboxylic acids is 1. The Bertz CT molecular complexity index is 854. The number of nitrogens with zero attached hydrogens (tertiary/aromatic N) is 5. The second-order valence-corrected chi connectivity index (χ2v) is 6.98. The molecule has 2 aromatic heterocycles. The molecule has 0 spiro atoms. The summed E-state index contributed by atoms with van der Waals surface area (Å²) in [5, 5.41) is 12.8. The van der Waals surface area contributed by atoms with Crippen molar-refractivity contribution in [1.82, 2.24) is 25.1 Å². The van der Waals surface area contributed by atoms with Crippen LogP contribution >= 0.6 is 23.4 Å². The van der Waals surface area contributed by atoms with Crippen molar-refractivity contribution in [2.45, 2.75) is 11.7 Å². The quantitative estimate of drug-likeness (QED) is 0.504. The van der Waals surface area contributed by atoms with Crippen LogP contribution in [0, 0.1) is 0 Å². The molecule has 0 radical (unpaired) electrons. The van der Waals surface area contributed by atoms with Crippen LogP contribution in [0.15, 0.2) is 52.2 Å². The summed E-state index contributed by atoms with van der Waals surface area (Å²) in [5.41, 5.74) is 0. The van der Waals surface area contributed by atoms with Crippen LogP contribution in [0.25, 0.3) is 0 Å². The maximum Gasteiger partial charge on any atom is 0.232 e. The molecule has 0 bridgehead atoms. The van der Waals surface area contributed by atoms with Crippen LogP contribution in [0.5, 0.6) is 5.75 Å². The maximum atomic E-state index is 12.3. The lowest BCUT2D eigenvalue weighted by molar-refractivity contribution is -0.127. The molecule has 0 aliphatic heterocycles. The van der Waals surface area contributed by atoms with Gasteiger partial charge in [-0.2, -0.15) is 0 Å². The van der Waals surface area contributed by atoms with E-state index in [-0.39, 0.29) is 11.7 Å². The number of aromatic nitrogens is 4. The largest absolute Gasteiger partial charge is 0.492 e. The van der Waals surface area contributed by atoms with Crippen molar-refractivity contribution in [2.24, 2.45) is 0 Å². The van der Waals surface area contributed by atoms with Gasteiger partial charge in [0.2, 0.25) is 11.1 Å². The number of hydrogen-bond acceptors (Lipinski definition) is 7. The van der Waals surface area contributed by atoms with E-state index in [1.54, 1.807) is 53.2 Å². The molecular formula is C17H18ClN5O3S. The zero-order valence-electron chi connectivity index (χ0n) is 14.6. The summed E-state index contributed by atoms with van der Waals surface area (Å²) in [6.45, 7) is 1.28. The van der Waals surface area contributed by atoms with E-state index in [1.807, 2.05) is 6.07 Å². The van der Waals surface area contributed by atoms with Crippen molar-refractivity contribution < 1.29 is 13.9 Å². The minimum absolute atomic E-state index is 0.0349. The minimum Gasteiger partial charge on any atom is -0.492 e. The summed E-state index contributed by atoms with van der Waals surface area (Å²) in [6, 6.07) is 10.7. The van der Waals surface area contributed by atoms with Crippen molar-refractivity contribution >= 4 is 29.3 Å². The molecule has 0 aliphatic carbocycles. The zero-order chi connectivity index (χ0) is 19.1. The van der Waals surface area contributed by atoms with Gasteiger partial charge >= 0.3 is 0 Å². The number of halogens is 1. The molecule has 3 aromatic rings. The number of thioether (sulfide) groups is 1. The van der Waals surface area contributed by atoms with Gasteiger partial charge in [0, 0.05) is 12.1 Å². The summed E-state index contributed by atoms with van der Waals surface area (Å²) >= 11 is 7.12. The van der Waals surface area contributed by atoms with Gasteiger partial charge in [0.1, 0.15) is 24.7 Å². The summed E-state index contributed by atoms with van der Waals surface area (Å²) in [4.78, 5) is 13.9. The van der Waals surface area contributed by atoms with E-state index in [4.69, 9.17) is 20.8 Å². The predicted octanol–water partition coefficient (Wildman–Crippen LogP) is 2.60. The van der Waals surface area contributed by atoms with Crippen molar-refractivity contribution in [1.29, 1.82) is 0 Å². The van der Waals surface area contributed by atoms with E-state index in [2.05, 4.69) is 15.5 Å². The van der Waals surface area contributed by atoms with Crippen LogP contribution in [0.3, 0.4) is 0 Å². The fraction of sp³-hybridized carbons (Fsp3) is 0.294. The number of amides is 1. The molecule has 0 saturated heterocycles. The van der Waals surface area contributed by atoms with Crippen LogP contribution in [0.4, 0.5) is 0 Å². The minimum atomic E-state index is -0.0349. The first-order valence-corrected chi connectivity index (χ1v) is 9.52.